The Balaban J connectivity index is 2.27. The van der Waals surface area contributed by atoms with E-state index in [1.165, 1.54) is 24.9 Å². The van der Waals surface area contributed by atoms with Crippen molar-refractivity contribution in [2.24, 2.45) is 0 Å². The van der Waals surface area contributed by atoms with E-state index in [2.05, 4.69) is 16.0 Å². The number of aliphatic hydroxyl groups is 1. The van der Waals surface area contributed by atoms with Crippen LogP contribution in [0.25, 0.3) is 0 Å². The van der Waals surface area contributed by atoms with Gasteiger partial charge in [-0.1, -0.05) is 0 Å². The minimum atomic E-state index is 0.0825. The van der Waals surface area contributed by atoms with Gasteiger partial charge >= 0.3 is 0 Å². The number of hydrogen-bond acceptors (Lipinski definition) is 3. The molecule has 1 aromatic heterocycles. The SMILES string of the molecule is Cc1cc(N2CCCCC2)c(CO)cn1. The third kappa shape index (κ3) is 2.29. The van der Waals surface area contributed by atoms with Crippen LogP contribution in [-0.2, 0) is 6.61 Å². The summed E-state index contributed by atoms with van der Waals surface area (Å²) in [6.07, 6.45) is 5.63. The van der Waals surface area contributed by atoms with Crippen LogP contribution < -0.4 is 4.90 Å². The summed E-state index contributed by atoms with van der Waals surface area (Å²) in [4.78, 5) is 6.58. The highest BCUT2D eigenvalue weighted by molar-refractivity contribution is 5.53. The van der Waals surface area contributed by atoms with Crippen LogP contribution in [-0.4, -0.2) is 23.2 Å². The summed E-state index contributed by atoms with van der Waals surface area (Å²) in [6.45, 7) is 4.29. The lowest BCUT2D eigenvalue weighted by atomic mass is 10.1. The number of aromatic nitrogens is 1. The molecule has 1 fully saturated rings. The number of pyridine rings is 1. The van der Waals surface area contributed by atoms with Gasteiger partial charge in [-0.2, -0.15) is 0 Å². The quantitative estimate of drug-likeness (QED) is 0.802. The van der Waals surface area contributed by atoms with Crippen molar-refractivity contribution in [1.82, 2.24) is 4.98 Å². The minimum absolute atomic E-state index is 0.0825. The summed E-state index contributed by atoms with van der Waals surface area (Å²) in [5.41, 5.74) is 3.14. The van der Waals surface area contributed by atoms with Crippen molar-refractivity contribution in [3.8, 4) is 0 Å². The molecule has 0 aliphatic carbocycles. The molecule has 1 aromatic rings. The number of aryl methyl sites for hydroxylation is 1. The molecule has 2 heterocycles. The van der Waals surface area contributed by atoms with Crippen molar-refractivity contribution in [2.75, 3.05) is 18.0 Å². The fraction of sp³-hybridized carbons (Fsp3) is 0.583. The summed E-state index contributed by atoms with van der Waals surface area (Å²) in [5, 5.41) is 9.27. The molecule has 0 atom stereocenters. The fourth-order valence-electron chi connectivity index (χ4n) is 2.12. The maximum Gasteiger partial charge on any atom is 0.0717 e. The molecule has 0 saturated carbocycles. The average Bonchev–Trinajstić information content (AvgIpc) is 2.30. The number of rotatable bonds is 2. The molecule has 82 valence electrons. The first-order valence-corrected chi connectivity index (χ1v) is 5.62. The molecule has 0 aromatic carbocycles. The molecule has 0 spiro atoms. The maximum atomic E-state index is 9.27. The Morgan fingerprint density at radius 1 is 1.33 bits per heavy atom. The number of piperidine rings is 1. The van der Waals surface area contributed by atoms with Crippen molar-refractivity contribution in [3.05, 3.63) is 23.5 Å². The lowest BCUT2D eigenvalue weighted by Gasteiger charge is -2.30. The van der Waals surface area contributed by atoms with Crippen LogP contribution in [0.1, 0.15) is 30.5 Å². The first kappa shape index (κ1) is 10.4. The van der Waals surface area contributed by atoms with Gasteiger partial charge in [-0.05, 0) is 32.3 Å². The molecule has 3 nitrogen and oxygen atoms in total. The number of anilines is 1. The van der Waals surface area contributed by atoms with Gasteiger partial charge in [0, 0.05) is 36.2 Å². The highest BCUT2D eigenvalue weighted by Crippen LogP contribution is 2.24. The smallest absolute Gasteiger partial charge is 0.0717 e. The van der Waals surface area contributed by atoms with E-state index >= 15 is 0 Å². The van der Waals surface area contributed by atoms with E-state index in [-0.39, 0.29) is 6.61 Å². The Kier molecular flexibility index (Phi) is 3.21. The summed E-state index contributed by atoms with van der Waals surface area (Å²) >= 11 is 0. The normalized spacial score (nSPS) is 16.8. The Morgan fingerprint density at radius 3 is 2.73 bits per heavy atom. The zero-order valence-electron chi connectivity index (χ0n) is 9.24. The topological polar surface area (TPSA) is 36.4 Å². The average molecular weight is 206 g/mol. The van der Waals surface area contributed by atoms with Gasteiger partial charge in [0.2, 0.25) is 0 Å². The standard InChI is InChI=1S/C12H18N2O/c1-10-7-12(11(9-15)8-13-10)14-5-3-2-4-6-14/h7-8,15H,2-6,9H2,1H3. The van der Waals surface area contributed by atoms with E-state index in [0.29, 0.717) is 0 Å². The van der Waals surface area contributed by atoms with Crippen LogP contribution in [0, 0.1) is 6.92 Å². The summed E-state index contributed by atoms with van der Waals surface area (Å²) < 4.78 is 0. The summed E-state index contributed by atoms with van der Waals surface area (Å²) in [5.74, 6) is 0. The van der Waals surface area contributed by atoms with Gasteiger partial charge < -0.3 is 10.0 Å². The Hall–Kier alpha value is -1.09. The van der Waals surface area contributed by atoms with Crippen LogP contribution in [0.5, 0.6) is 0 Å². The van der Waals surface area contributed by atoms with Crippen LogP contribution in [0.2, 0.25) is 0 Å². The fourth-order valence-corrected chi connectivity index (χ4v) is 2.12. The zero-order valence-corrected chi connectivity index (χ0v) is 9.24. The number of nitrogens with zero attached hydrogens (tertiary/aromatic N) is 2. The second-order valence-electron chi connectivity index (χ2n) is 4.16. The predicted octanol–water partition coefficient (Wildman–Crippen LogP) is 1.87. The van der Waals surface area contributed by atoms with E-state index < -0.39 is 0 Å². The van der Waals surface area contributed by atoms with Gasteiger partial charge in [-0.3, -0.25) is 4.98 Å². The lowest BCUT2D eigenvalue weighted by Crippen LogP contribution is -2.30. The molecule has 1 aliphatic heterocycles. The molecule has 1 N–H and O–H groups in total. The molecular weight excluding hydrogens is 188 g/mol. The van der Waals surface area contributed by atoms with Crippen molar-refractivity contribution in [1.29, 1.82) is 0 Å². The van der Waals surface area contributed by atoms with Crippen LogP contribution in [0.3, 0.4) is 0 Å². The van der Waals surface area contributed by atoms with E-state index in [1.807, 2.05) is 6.92 Å². The van der Waals surface area contributed by atoms with Crippen molar-refractivity contribution in [3.63, 3.8) is 0 Å². The van der Waals surface area contributed by atoms with E-state index in [0.717, 1.165) is 24.3 Å². The highest BCUT2D eigenvalue weighted by atomic mass is 16.3. The molecular formula is C12H18N2O. The van der Waals surface area contributed by atoms with Crippen molar-refractivity contribution in [2.45, 2.75) is 32.8 Å². The third-order valence-corrected chi connectivity index (χ3v) is 2.97. The van der Waals surface area contributed by atoms with Crippen LogP contribution in [0.15, 0.2) is 12.3 Å². The van der Waals surface area contributed by atoms with Gasteiger partial charge in [0.05, 0.1) is 6.61 Å². The van der Waals surface area contributed by atoms with Gasteiger partial charge in [0.1, 0.15) is 0 Å². The van der Waals surface area contributed by atoms with Crippen molar-refractivity contribution < 1.29 is 5.11 Å². The molecule has 0 radical (unpaired) electrons. The molecule has 0 amide bonds. The highest BCUT2D eigenvalue weighted by Gasteiger charge is 2.14. The maximum absolute atomic E-state index is 9.27. The predicted molar refractivity (Wildman–Crippen MR) is 61.0 cm³/mol. The number of hydrogen-bond donors (Lipinski definition) is 1. The van der Waals surface area contributed by atoms with Gasteiger partial charge in [-0.25, -0.2) is 0 Å². The molecule has 0 bridgehead atoms. The third-order valence-electron chi connectivity index (χ3n) is 2.97. The minimum Gasteiger partial charge on any atom is -0.392 e. The van der Waals surface area contributed by atoms with Crippen LogP contribution >= 0.6 is 0 Å². The first-order chi connectivity index (χ1) is 7.31. The first-order valence-electron chi connectivity index (χ1n) is 5.62. The monoisotopic (exact) mass is 206 g/mol. The Morgan fingerprint density at radius 2 is 2.07 bits per heavy atom. The van der Waals surface area contributed by atoms with E-state index in [9.17, 15) is 5.11 Å². The van der Waals surface area contributed by atoms with Gasteiger partial charge in [0.15, 0.2) is 0 Å². The second kappa shape index (κ2) is 4.62. The largest absolute Gasteiger partial charge is 0.392 e. The van der Waals surface area contributed by atoms with Gasteiger partial charge in [0.25, 0.3) is 0 Å². The van der Waals surface area contributed by atoms with Crippen LogP contribution in [0.4, 0.5) is 5.69 Å². The second-order valence-corrected chi connectivity index (χ2v) is 4.16. The van der Waals surface area contributed by atoms with Gasteiger partial charge in [-0.15, -0.1) is 0 Å². The summed E-state index contributed by atoms with van der Waals surface area (Å²) in [7, 11) is 0. The molecule has 1 saturated heterocycles. The molecule has 15 heavy (non-hydrogen) atoms. The molecule has 3 heteroatoms. The van der Waals surface area contributed by atoms with E-state index in [4.69, 9.17) is 0 Å². The van der Waals surface area contributed by atoms with Crippen molar-refractivity contribution >= 4 is 5.69 Å². The lowest BCUT2D eigenvalue weighted by molar-refractivity contribution is 0.281. The molecule has 2 rings (SSSR count). The molecule has 1 aliphatic rings. The summed E-state index contributed by atoms with van der Waals surface area (Å²) in [6, 6.07) is 2.08. The Bertz CT molecular complexity index is 332. The Labute approximate surface area is 90.8 Å². The molecule has 0 unspecified atom stereocenters. The van der Waals surface area contributed by atoms with E-state index in [1.54, 1.807) is 6.20 Å². The number of aliphatic hydroxyl groups excluding tert-OH is 1. The zero-order chi connectivity index (χ0) is 10.7.